The fourth-order valence-corrected chi connectivity index (χ4v) is 7.18. The Morgan fingerprint density at radius 3 is 1.36 bits per heavy atom. The predicted octanol–water partition coefficient (Wildman–Crippen LogP) is 6.32. The summed E-state index contributed by atoms with van der Waals surface area (Å²) in [5, 5.41) is 5.74. The molecule has 0 atom stereocenters. The number of unbranched alkanes of at least 4 members (excludes halogenated alkanes) is 4. The van der Waals surface area contributed by atoms with Crippen molar-refractivity contribution in [2.45, 2.75) is 51.4 Å². The summed E-state index contributed by atoms with van der Waals surface area (Å²) in [5.41, 5.74) is 1.54. The molecule has 0 radical (unpaired) electrons. The van der Waals surface area contributed by atoms with E-state index in [1.54, 1.807) is 0 Å². The normalized spacial score (nSPS) is 16.9. The molecule has 2 fully saturated rings. The van der Waals surface area contributed by atoms with E-state index in [-0.39, 0.29) is 23.6 Å². The van der Waals surface area contributed by atoms with Crippen molar-refractivity contribution in [3.8, 4) is 0 Å². The first-order valence-corrected chi connectivity index (χ1v) is 16.3. The Labute approximate surface area is 265 Å². The first-order valence-electron chi connectivity index (χ1n) is 13.8. The van der Waals surface area contributed by atoms with Gasteiger partial charge in [0, 0.05) is 37.3 Å². The molecule has 0 saturated carbocycles. The van der Waals surface area contributed by atoms with E-state index in [1.807, 2.05) is 60.7 Å². The van der Waals surface area contributed by atoms with Gasteiger partial charge in [0.05, 0.1) is 9.81 Å². The van der Waals surface area contributed by atoms with Crippen LogP contribution in [0, 0.1) is 0 Å². The molecule has 0 unspecified atom stereocenters. The van der Waals surface area contributed by atoms with Crippen LogP contribution in [0.1, 0.15) is 51.4 Å². The van der Waals surface area contributed by atoms with Crippen LogP contribution in [-0.4, -0.2) is 55.2 Å². The number of nitrogens with one attached hydrogen (secondary N) is 2. The molecule has 2 aromatic rings. The maximum absolute atomic E-state index is 13.2. The first-order chi connectivity index (χ1) is 20.3. The molecule has 220 valence electrons. The van der Waals surface area contributed by atoms with Gasteiger partial charge in [0.15, 0.2) is 0 Å². The minimum atomic E-state index is -0.267. The molecule has 2 aliphatic heterocycles. The van der Waals surface area contributed by atoms with Gasteiger partial charge in [-0.3, -0.25) is 29.0 Å². The number of carbonyl (C=O) groups is 4. The number of hydrogen-bond donors (Lipinski definition) is 2. The van der Waals surface area contributed by atoms with Crippen LogP contribution in [-0.2, 0) is 19.2 Å². The molecule has 4 rings (SSSR count). The second kappa shape index (κ2) is 16.0. The number of carbonyl (C=O) groups excluding carboxylic acids is 4. The van der Waals surface area contributed by atoms with E-state index in [0.29, 0.717) is 70.1 Å². The summed E-state index contributed by atoms with van der Waals surface area (Å²) in [6.07, 6.45) is 5.13. The highest BCUT2D eigenvalue weighted by Crippen LogP contribution is 2.42. The van der Waals surface area contributed by atoms with Crippen LogP contribution >= 0.6 is 48.0 Å². The summed E-state index contributed by atoms with van der Waals surface area (Å²) >= 11 is 13.2. The van der Waals surface area contributed by atoms with Gasteiger partial charge in [-0.05, 0) is 49.9 Å². The van der Waals surface area contributed by atoms with Crippen LogP contribution in [0.25, 0.3) is 0 Å². The molecule has 2 heterocycles. The van der Waals surface area contributed by atoms with Crippen molar-refractivity contribution < 1.29 is 19.2 Å². The van der Waals surface area contributed by atoms with Gasteiger partial charge in [-0.1, -0.05) is 97.2 Å². The minimum Gasteiger partial charge on any atom is -0.326 e. The van der Waals surface area contributed by atoms with Crippen molar-refractivity contribution >= 4 is 91.6 Å². The SMILES string of the molecule is O=C(CCCCCN1C(=O)C(=C2SC(=S)N(CCCCCC(=O)Nc3ccccc3)C2=O)SC1=S)Nc1ccccc1. The van der Waals surface area contributed by atoms with Gasteiger partial charge in [-0.15, -0.1) is 0 Å². The highest BCUT2D eigenvalue weighted by Gasteiger charge is 2.41. The molecule has 0 bridgehead atoms. The fourth-order valence-electron chi connectivity index (χ4n) is 4.41. The highest BCUT2D eigenvalue weighted by atomic mass is 32.2. The molecule has 2 aliphatic rings. The van der Waals surface area contributed by atoms with E-state index in [0.717, 1.165) is 47.7 Å². The van der Waals surface area contributed by atoms with Gasteiger partial charge < -0.3 is 10.6 Å². The molecule has 42 heavy (non-hydrogen) atoms. The van der Waals surface area contributed by atoms with Crippen LogP contribution in [0.15, 0.2) is 70.5 Å². The van der Waals surface area contributed by atoms with E-state index in [4.69, 9.17) is 24.4 Å². The van der Waals surface area contributed by atoms with Crippen LogP contribution in [0.4, 0.5) is 11.4 Å². The third-order valence-electron chi connectivity index (χ3n) is 6.59. The van der Waals surface area contributed by atoms with E-state index in [1.165, 1.54) is 9.80 Å². The largest absolute Gasteiger partial charge is 0.326 e. The first kappa shape index (κ1) is 31.9. The van der Waals surface area contributed by atoms with Gasteiger partial charge in [0.25, 0.3) is 11.8 Å². The van der Waals surface area contributed by atoms with Gasteiger partial charge in [0.1, 0.15) is 8.64 Å². The quantitative estimate of drug-likeness (QED) is 0.141. The summed E-state index contributed by atoms with van der Waals surface area (Å²) in [6, 6.07) is 18.6. The second-order valence-electron chi connectivity index (χ2n) is 9.76. The summed E-state index contributed by atoms with van der Waals surface area (Å²) in [7, 11) is 0. The number of anilines is 2. The van der Waals surface area contributed by atoms with E-state index in [2.05, 4.69) is 10.6 Å². The van der Waals surface area contributed by atoms with Crippen molar-refractivity contribution in [3.63, 3.8) is 0 Å². The maximum Gasteiger partial charge on any atom is 0.267 e. The number of thioether (sulfide) groups is 2. The molecule has 12 heteroatoms. The third kappa shape index (κ3) is 8.97. The van der Waals surface area contributed by atoms with Crippen molar-refractivity contribution in [1.29, 1.82) is 0 Å². The minimum absolute atomic E-state index is 0.0394. The number of thiocarbonyl (C=S) groups is 2. The Hall–Kier alpha value is -3.06. The molecule has 0 aromatic heterocycles. The zero-order valence-corrected chi connectivity index (χ0v) is 26.3. The average Bonchev–Trinajstić information content (AvgIpc) is 3.42. The van der Waals surface area contributed by atoms with Gasteiger partial charge >= 0.3 is 0 Å². The van der Waals surface area contributed by atoms with Gasteiger partial charge in [-0.2, -0.15) is 0 Å². The molecule has 0 spiro atoms. The average molecular weight is 641 g/mol. The van der Waals surface area contributed by atoms with Crippen molar-refractivity contribution in [1.82, 2.24) is 9.80 Å². The molecule has 2 saturated heterocycles. The predicted molar refractivity (Wildman–Crippen MR) is 178 cm³/mol. The van der Waals surface area contributed by atoms with Crippen LogP contribution < -0.4 is 10.6 Å². The van der Waals surface area contributed by atoms with Gasteiger partial charge in [-0.25, -0.2) is 0 Å². The van der Waals surface area contributed by atoms with Crippen molar-refractivity contribution in [2.75, 3.05) is 23.7 Å². The molecular weight excluding hydrogens is 609 g/mol. The highest BCUT2D eigenvalue weighted by molar-refractivity contribution is 8.29. The zero-order chi connectivity index (χ0) is 29.9. The van der Waals surface area contributed by atoms with Gasteiger partial charge in [0.2, 0.25) is 11.8 Å². The Bertz CT molecular complexity index is 1260. The van der Waals surface area contributed by atoms with E-state index in [9.17, 15) is 19.2 Å². The summed E-state index contributed by atoms with van der Waals surface area (Å²) in [5.74, 6) is -0.613. The molecule has 2 N–H and O–H groups in total. The number of nitrogens with zero attached hydrogens (tertiary/aromatic N) is 2. The Morgan fingerprint density at radius 1 is 0.595 bits per heavy atom. The van der Waals surface area contributed by atoms with E-state index >= 15 is 0 Å². The second-order valence-corrected chi connectivity index (χ2v) is 13.0. The van der Waals surface area contributed by atoms with Crippen LogP contribution in [0.5, 0.6) is 0 Å². The zero-order valence-electron chi connectivity index (χ0n) is 23.0. The molecular formula is C30H32N4O4S4. The maximum atomic E-state index is 13.2. The topological polar surface area (TPSA) is 98.8 Å². The number of hydrogen-bond acceptors (Lipinski definition) is 8. The number of para-hydroxylation sites is 2. The monoisotopic (exact) mass is 640 g/mol. The lowest BCUT2D eigenvalue weighted by Gasteiger charge is -2.14. The fraction of sp³-hybridized carbons (Fsp3) is 0.333. The molecule has 2 aromatic carbocycles. The molecule has 4 amide bonds. The molecule has 0 aliphatic carbocycles. The Morgan fingerprint density at radius 2 is 0.976 bits per heavy atom. The lowest BCUT2D eigenvalue weighted by Crippen LogP contribution is -2.31. The lowest BCUT2D eigenvalue weighted by atomic mass is 10.1. The van der Waals surface area contributed by atoms with Crippen molar-refractivity contribution in [2.24, 2.45) is 0 Å². The summed E-state index contributed by atoms with van der Waals surface area (Å²) in [4.78, 5) is 54.3. The Balaban J connectivity index is 1.17. The van der Waals surface area contributed by atoms with Crippen molar-refractivity contribution in [3.05, 3.63) is 70.5 Å². The standard InChI is InChI=1S/C30H32N4O4S4/c35-23(31-21-13-5-1-6-14-21)17-9-3-11-19-33-27(37)25(41-29(33)39)26-28(38)34(30(40)42-26)20-12-4-10-18-24(36)32-22-15-7-2-8-16-22/h1-2,5-8,13-16H,3-4,9-12,17-20H2,(H,31,35)(H,32,36). The summed E-state index contributed by atoms with van der Waals surface area (Å²) < 4.78 is 0.853. The summed E-state index contributed by atoms with van der Waals surface area (Å²) in [6.45, 7) is 0.874. The van der Waals surface area contributed by atoms with E-state index < -0.39 is 0 Å². The number of benzene rings is 2. The smallest absolute Gasteiger partial charge is 0.267 e. The Kier molecular flexibility index (Phi) is 12.1. The van der Waals surface area contributed by atoms with Crippen LogP contribution in [0.2, 0.25) is 0 Å². The molecule has 8 nitrogen and oxygen atoms in total. The lowest BCUT2D eigenvalue weighted by molar-refractivity contribution is -0.124. The number of amides is 4. The van der Waals surface area contributed by atoms with Crippen LogP contribution in [0.3, 0.4) is 0 Å². The third-order valence-corrected chi connectivity index (χ3v) is 9.62. The number of rotatable bonds is 14.